The molecule has 14 heavy (non-hydrogen) atoms. The van der Waals surface area contributed by atoms with Crippen molar-refractivity contribution in [1.82, 2.24) is 0 Å². The predicted octanol–water partition coefficient (Wildman–Crippen LogP) is -0.0594. The van der Waals surface area contributed by atoms with Gasteiger partial charge in [0.1, 0.15) is 6.10 Å². The maximum Gasteiger partial charge on any atom is 0.141 e. The molecule has 0 heterocycles. The molecule has 0 bridgehead atoms. The Morgan fingerprint density at radius 1 is 1.14 bits per heavy atom. The number of aliphatic hydroxyl groups excluding tert-OH is 1. The molecule has 1 atom stereocenters. The summed E-state index contributed by atoms with van der Waals surface area (Å²) in [6.07, 6.45) is -0.385. The van der Waals surface area contributed by atoms with Gasteiger partial charge >= 0.3 is 0 Å². The molecule has 0 fully saturated rings. The standard InChI is InChI=1S/C9H17NO4/c1-9(8-10)14-7-6-13-5-4-12-3-2-11/h9,11H,2-7H2,1H3. The smallest absolute Gasteiger partial charge is 0.141 e. The predicted molar refractivity (Wildman–Crippen MR) is 49.8 cm³/mol. The van der Waals surface area contributed by atoms with Gasteiger partial charge in [-0.3, -0.25) is 0 Å². The van der Waals surface area contributed by atoms with Crippen LogP contribution in [0.25, 0.3) is 0 Å². The van der Waals surface area contributed by atoms with Crippen molar-refractivity contribution in [2.24, 2.45) is 0 Å². The summed E-state index contributed by atoms with van der Waals surface area (Å²) in [5.74, 6) is 0. The normalized spacial score (nSPS) is 12.4. The minimum Gasteiger partial charge on any atom is -0.394 e. The van der Waals surface area contributed by atoms with Crippen LogP contribution in [0.5, 0.6) is 0 Å². The molecule has 1 unspecified atom stereocenters. The van der Waals surface area contributed by atoms with Crippen molar-refractivity contribution in [3.8, 4) is 6.07 Å². The summed E-state index contributed by atoms with van der Waals surface area (Å²) in [6.45, 7) is 3.86. The number of hydrogen-bond donors (Lipinski definition) is 1. The topological polar surface area (TPSA) is 71.7 Å². The summed E-state index contributed by atoms with van der Waals surface area (Å²) in [5.41, 5.74) is 0. The Hall–Kier alpha value is -0.670. The number of ether oxygens (including phenoxy) is 3. The second-order valence-corrected chi connectivity index (χ2v) is 2.59. The fourth-order valence-electron chi connectivity index (χ4n) is 0.708. The molecule has 0 aliphatic carbocycles. The van der Waals surface area contributed by atoms with Crippen molar-refractivity contribution < 1.29 is 19.3 Å². The number of nitriles is 1. The summed E-state index contributed by atoms with van der Waals surface area (Å²) >= 11 is 0. The van der Waals surface area contributed by atoms with Gasteiger partial charge in [0, 0.05) is 0 Å². The first kappa shape index (κ1) is 13.3. The summed E-state index contributed by atoms with van der Waals surface area (Å²) in [7, 11) is 0. The first-order valence-electron chi connectivity index (χ1n) is 4.58. The Morgan fingerprint density at radius 2 is 1.71 bits per heavy atom. The minimum atomic E-state index is -0.385. The molecule has 5 nitrogen and oxygen atoms in total. The summed E-state index contributed by atoms with van der Waals surface area (Å²) < 4.78 is 15.1. The highest BCUT2D eigenvalue weighted by atomic mass is 16.5. The summed E-state index contributed by atoms with van der Waals surface area (Å²) in [6, 6.07) is 1.95. The number of nitrogens with zero attached hydrogens (tertiary/aromatic N) is 1. The van der Waals surface area contributed by atoms with Crippen LogP contribution in [0.2, 0.25) is 0 Å². The quantitative estimate of drug-likeness (QED) is 0.531. The van der Waals surface area contributed by atoms with E-state index < -0.39 is 0 Å². The molecular formula is C9H17NO4. The number of aliphatic hydroxyl groups is 1. The van der Waals surface area contributed by atoms with Gasteiger partial charge in [-0.15, -0.1) is 0 Å². The van der Waals surface area contributed by atoms with E-state index in [0.29, 0.717) is 33.0 Å². The first-order valence-corrected chi connectivity index (χ1v) is 4.58. The highest BCUT2D eigenvalue weighted by molar-refractivity contribution is 4.78. The first-order chi connectivity index (χ1) is 6.81. The summed E-state index contributed by atoms with van der Waals surface area (Å²) in [4.78, 5) is 0. The van der Waals surface area contributed by atoms with Gasteiger partial charge in [0.05, 0.1) is 45.7 Å². The molecule has 0 amide bonds. The second kappa shape index (κ2) is 10.4. The Labute approximate surface area is 84.2 Å². The average molecular weight is 203 g/mol. The van der Waals surface area contributed by atoms with Crippen LogP contribution in [0.3, 0.4) is 0 Å². The molecule has 0 radical (unpaired) electrons. The number of hydrogen-bond acceptors (Lipinski definition) is 5. The molecule has 0 rings (SSSR count). The third kappa shape index (κ3) is 9.42. The maximum atomic E-state index is 8.38. The van der Waals surface area contributed by atoms with Crippen LogP contribution < -0.4 is 0 Å². The van der Waals surface area contributed by atoms with Crippen LogP contribution in [0.4, 0.5) is 0 Å². The molecular weight excluding hydrogens is 186 g/mol. The van der Waals surface area contributed by atoms with Gasteiger partial charge in [0.25, 0.3) is 0 Å². The zero-order chi connectivity index (χ0) is 10.6. The van der Waals surface area contributed by atoms with E-state index in [4.69, 9.17) is 24.6 Å². The SMILES string of the molecule is CC(C#N)OCCOCCOCCO. The van der Waals surface area contributed by atoms with Gasteiger partial charge in [-0.2, -0.15) is 5.26 Å². The Bertz CT molecular complexity index is 157. The van der Waals surface area contributed by atoms with Gasteiger partial charge in [0.2, 0.25) is 0 Å². The molecule has 0 aromatic rings. The van der Waals surface area contributed by atoms with Crippen molar-refractivity contribution in [3.63, 3.8) is 0 Å². The molecule has 0 spiro atoms. The van der Waals surface area contributed by atoms with Crippen LogP contribution in [0, 0.1) is 11.3 Å². The van der Waals surface area contributed by atoms with E-state index in [1.165, 1.54) is 0 Å². The molecule has 82 valence electrons. The van der Waals surface area contributed by atoms with Crippen molar-refractivity contribution in [3.05, 3.63) is 0 Å². The highest BCUT2D eigenvalue weighted by Gasteiger charge is 1.97. The molecule has 5 heteroatoms. The van der Waals surface area contributed by atoms with E-state index in [-0.39, 0.29) is 12.7 Å². The van der Waals surface area contributed by atoms with Gasteiger partial charge in [-0.05, 0) is 6.92 Å². The molecule has 1 N–H and O–H groups in total. The van der Waals surface area contributed by atoms with Gasteiger partial charge in [-0.1, -0.05) is 0 Å². The van der Waals surface area contributed by atoms with Crippen LogP contribution in [-0.4, -0.2) is 50.9 Å². The van der Waals surface area contributed by atoms with E-state index in [2.05, 4.69) is 0 Å². The third-order valence-corrected chi connectivity index (χ3v) is 1.38. The van der Waals surface area contributed by atoms with Crippen molar-refractivity contribution >= 4 is 0 Å². The molecule has 0 aliphatic heterocycles. The number of rotatable bonds is 9. The minimum absolute atomic E-state index is 0.0306. The van der Waals surface area contributed by atoms with Gasteiger partial charge in [-0.25, -0.2) is 0 Å². The largest absolute Gasteiger partial charge is 0.394 e. The van der Waals surface area contributed by atoms with Gasteiger partial charge in [0.15, 0.2) is 0 Å². The molecule has 0 saturated carbocycles. The van der Waals surface area contributed by atoms with Crippen LogP contribution >= 0.6 is 0 Å². The lowest BCUT2D eigenvalue weighted by atomic mass is 10.5. The average Bonchev–Trinajstić information content (AvgIpc) is 2.21. The Kier molecular flexibility index (Phi) is 9.91. The fraction of sp³-hybridized carbons (Fsp3) is 0.889. The zero-order valence-electron chi connectivity index (χ0n) is 8.44. The zero-order valence-corrected chi connectivity index (χ0v) is 8.44. The lowest BCUT2D eigenvalue weighted by Crippen LogP contribution is -2.13. The molecule has 0 aromatic heterocycles. The second-order valence-electron chi connectivity index (χ2n) is 2.59. The third-order valence-electron chi connectivity index (χ3n) is 1.38. The highest BCUT2D eigenvalue weighted by Crippen LogP contribution is 1.87. The molecule has 0 aromatic carbocycles. The van der Waals surface area contributed by atoms with E-state index in [0.717, 1.165) is 0 Å². The van der Waals surface area contributed by atoms with Crippen molar-refractivity contribution in [1.29, 1.82) is 5.26 Å². The Balaban J connectivity index is 2.96. The maximum absolute atomic E-state index is 8.38. The Morgan fingerprint density at radius 3 is 2.29 bits per heavy atom. The van der Waals surface area contributed by atoms with Crippen LogP contribution in [0.1, 0.15) is 6.92 Å². The van der Waals surface area contributed by atoms with E-state index in [1.807, 2.05) is 6.07 Å². The summed E-state index contributed by atoms with van der Waals surface area (Å²) in [5, 5.41) is 16.8. The fourth-order valence-corrected chi connectivity index (χ4v) is 0.708. The monoisotopic (exact) mass is 203 g/mol. The lowest BCUT2D eigenvalue weighted by Gasteiger charge is -2.06. The van der Waals surface area contributed by atoms with Crippen LogP contribution in [-0.2, 0) is 14.2 Å². The van der Waals surface area contributed by atoms with Gasteiger partial charge < -0.3 is 19.3 Å². The molecule has 0 aliphatic rings. The van der Waals surface area contributed by atoms with Crippen molar-refractivity contribution in [2.45, 2.75) is 13.0 Å². The molecule has 0 saturated heterocycles. The van der Waals surface area contributed by atoms with Crippen molar-refractivity contribution in [2.75, 3.05) is 39.6 Å². The van der Waals surface area contributed by atoms with E-state index >= 15 is 0 Å². The van der Waals surface area contributed by atoms with Crippen LogP contribution in [0.15, 0.2) is 0 Å². The van der Waals surface area contributed by atoms with E-state index in [1.54, 1.807) is 6.92 Å². The lowest BCUT2D eigenvalue weighted by molar-refractivity contribution is 0.000659. The van der Waals surface area contributed by atoms with E-state index in [9.17, 15) is 0 Å².